The molecular weight excluding hydrogens is 420 g/mol. The van der Waals surface area contributed by atoms with Gasteiger partial charge >= 0.3 is 0 Å². The van der Waals surface area contributed by atoms with E-state index in [2.05, 4.69) is 5.32 Å². The highest BCUT2D eigenvalue weighted by Crippen LogP contribution is 2.34. The van der Waals surface area contributed by atoms with Crippen LogP contribution in [0.4, 0.5) is 20.2 Å². The van der Waals surface area contributed by atoms with E-state index in [1.54, 1.807) is 12.1 Å². The van der Waals surface area contributed by atoms with Gasteiger partial charge in [0.15, 0.2) is 5.11 Å². The molecule has 1 aliphatic heterocycles. The Kier molecular flexibility index (Phi) is 6.27. The minimum atomic E-state index is -0.810. The molecule has 2 aromatic rings. The Morgan fingerprint density at radius 2 is 1.71 bits per heavy atom. The predicted molar refractivity (Wildman–Crippen MR) is 119 cm³/mol. The molecule has 1 atom stereocenters. The summed E-state index contributed by atoms with van der Waals surface area (Å²) in [4.78, 5) is 29.1. The maximum Gasteiger partial charge on any atom is 0.256 e. The minimum Gasteiger partial charge on any atom is -0.333 e. The van der Waals surface area contributed by atoms with Gasteiger partial charge in [-0.15, -0.1) is 0 Å². The number of carbonyl (C=O) groups is 2. The van der Waals surface area contributed by atoms with Crippen LogP contribution in [0, 0.1) is 11.6 Å². The largest absolute Gasteiger partial charge is 0.333 e. The molecule has 1 saturated carbocycles. The fourth-order valence-corrected chi connectivity index (χ4v) is 4.81. The van der Waals surface area contributed by atoms with Crippen LogP contribution >= 0.6 is 12.2 Å². The lowest BCUT2D eigenvalue weighted by Crippen LogP contribution is -2.45. The molecule has 0 bridgehead atoms. The van der Waals surface area contributed by atoms with E-state index >= 15 is 0 Å². The maximum atomic E-state index is 14.5. The first-order chi connectivity index (χ1) is 15.0. The van der Waals surface area contributed by atoms with Gasteiger partial charge in [-0.2, -0.15) is 0 Å². The van der Waals surface area contributed by atoms with Gasteiger partial charge in [-0.25, -0.2) is 8.78 Å². The van der Waals surface area contributed by atoms with Crippen molar-refractivity contribution < 1.29 is 18.4 Å². The Bertz CT molecular complexity index is 993. The summed E-state index contributed by atoms with van der Waals surface area (Å²) in [6, 6.07) is 10.6. The standard InChI is InChI=1S/C23H23F2N3O2S/c24-15-10-12-16(13-11-15)26-21(29)14-20-22(30)28(19-9-5-4-8-18(19)25)23(31)27(20)17-6-2-1-3-7-17/h4-5,8-13,17,20H,1-3,6-7,14H2,(H,26,29)/t20-/m1/s1. The molecule has 2 aliphatic rings. The topological polar surface area (TPSA) is 52.7 Å². The number of amides is 2. The van der Waals surface area contributed by atoms with Crippen LogP contribution in [0.25, 0.3) is 0 Å². The first-order valence-corrected chi connectivity index (χ1v) is 10.8. The van der Waals surface area contributed by atoms with Crippen molar-refractivity contribution in [2.75, 3.05) is 10.2 Å². The van der Waals surface area contributed by atoms with Crippen LogP contribution in [0.1, 0.15) is 38.5 Å². The van der Waals surface area contributed by atoms with Crippen LogP contribution in [0.3, 0.4) is 0 Å². The summed E-state index contributed by atoms with van der Waals surface area (Å²) in [5.74, 6) is -1.74. The average molecular weight is 444 g/mol. The Morgan fingerprint density at radius 1 is 1.03 bits per heavy atom. The zero-order valence-corrected chi connectivity index (χ0v) is 17.7. The predicted octanol–water partition coefficient (Wildman–Crippen LogP) is 4.63. The summed E-state index contributed by atoms with van der Waals surface area (Å²) in [5, 5.41) is 2.94. The number of hydrogen-bond acceptors (Lipinski definition) is 3. The molecule has 5 nitrogen and oxygen atoms in total. The molecular formula is C23H23F2N3O2S. The summed E-state index contributed by atoms with van der Waals surface area (Å²) in [5.41, 5.74) is 0.536. The third-order valence-electron chi connectivity index (χ3n) is 5.82. The molecule has 31 heavy (non-hydrogen) atoms. The van der Waals surface area contributed by atoms with Gasteiger partial charge in [0.25, 0.3) is 5.91 Å². The molecule has 1 N–H and O–H groups in total. The van der Waals surface area contributed by atoms with Gasteiger partial charge in [0, 0.05) is 11.7 Å². The van der Waals surface area contributed by atoms with Crippen LogP contribution < -0.4 is 10.2 Å². The number of hydrogen-bond donors (Lipinski definition) is 1. The van der Waals surface area contributed by atoms with Crippen LogP contribution in [-0.2, 0) is 9.59 Å². The van der Waals surface area contributed by atoms with E-state index in [0.29, 0.717) is 5.69 Å². The highest BCUT2D eigenvalue weighted by Gasteiger charge is 2.47. The van der Waals surface area contributed by atoms with E-state index in [9.17, 15) is 18.4 Å². The molecule has 0 unspecified atom stereocenters. The van der Waals surface area contributed by atoms with E-state index in [1.165, 1.54) is 41.3 Å². The molecule has 2 amide bonds. The Labute approximate surface area is 185 Å². The third kappa shape index (κ3) is 4.44. The summed E-state index contributed by atoms with van der Waals surface area (Å²) in [6.45, 7) is 0. The second kappa shape index (κ2) is 9.09. The monoisotopic (exact) mass is 443 g/mol. The number of para-hydroxylation sites is 1. The average Bonchev–Trinajstić information content (AvgIpc) is 3.00. The number of anilines is 2. The third-order valence-corrected chi connectivity index (χ3v) is 6.21. The van der Waals surface area contributed by atoms with Crippen LogP contribution in [0.5, 0.6) is 0 Å². The SMILES string of the molecule is O=C(C[C@@H]1C(=O)N(c2ccccc2F)C(=S)N1C1CCCCC1)Nc1ccc(F)cc1. The zero-order chi connectivity index (χ0) is 22.0. The Morgan fingerprint density at radius 3 is 2.39 bits per heavy atom. The summed E-state index contributed by atoms with van der Waals surface area (Å²) in [6.07, 6.45) is 4.77. The Hall–Kier alpha value is -2.87. The second-order valence-corrected chi connectivity index (χ2v) is 8.25. The second-order valence-electron chi connectivity index (χ2n) is 7.88. The van der Waals surface area contributed by atoms with Crippen molar-refractivity contribution in [2.45, 2.75) is 50.6 Å². The molecule has 1 saturated heterocycles. The van der Waals surface area contributed by atoms with Gasteiger partial charge in [0.1, 0.15) is 17.7 Å². The number of halogens is 2. The quantitative estimate of drug-likeness (QED) is 0.685. The van der Waals surface area contributed by atoms with Gasteiger partial charge in [-0.1, -0.05) is 31.4 Å². The van der Waals surface area contributed by atoms with Crippen molar-refractivity contribution in [1.29, 1.82) is 0 Å². The molecule has 2 aromatic carbocycles. The zero-order valence-electron chi connectivity index (χ0n) is 16.9. The van der Waals surface area contributed by atoms with E-state index < -0.39 is 23.6 Å². The van der Waals surface area contributed by atoms with Crippen molar-refractivity contribution in [3.05, 3.63) is 60.2 Å². The molecule has 162 valence electrons. The van der Waals surface area contributed by atoms with Gasteiger partial charge < -0.3 is 10.2 Å². The molecule has 0 aromatic heterocycles. The number of thiocarbonyl (C=S) groups is 1. The highest BCUT2D eigenvalue weighted by molar-refractivity contribution is 7.80. The lowest BCUT2D eigenvalue weighted by atomic mass is 9.93. The number of benzene rings is 2. The van der Waals surface area contributed by atoms with Crippen molar-refractivity contribution >= 4 is 40.5 Å². The van der Waals surface area contributed by atoms with Crippen molar-refractivity contribution in [1.82, 2.24) is 4.90 Å². The molecule has 2 fully saturated rings. The lowest BCUT2D eigenvalue weighted by Gasteiger charge is -2.35. The number of nitrogens with one attached hydrogen (secondary N) is 1. The highest BCUT2D eigenvalue weighted by atomic mass is 32.1. The maximum absolute atomic E-state index is 14.5. The van der Waals surface area contributed by atoms with Gasteiger partial charge in [0.05, 0.1) is 12.1 Å². The molecule has 8 heteroatoms. The fraction of sp³-hybridized carbons (Fsp3) is 0.348. The molecule has 0 spiro atoms. The molecule has 4 rings (SSSR count). The van der Waals surface area contributed by atoms with E-state index in [0.717, 1.165) is 32.1 Å². The van der Waals surface area contributed by atoms with E-state index in [4.69, 9.17) is 12.2 Å². The summed E-state index contributed by atoms with van der Waals surface area (Å²) in [7, 11) is 0. The number of rotatable bonds is 5. The summed E-state index contributed by atoms with van der Waals surface area (Å²) < 4.78 is 27.6. The first-order valence-electron chi connectivity index (χ1n) is 10.4. The van der Waals surface area contributed by atoms with Gasteiger partial charge in [0.2, 0.25) is 5.91 Å². The number of carbonyl (C=O) groups excluding carboxylic acids is 2. The lowest BCUT2D eigenvalue weighted by molar-refractivity contribution is -0.125. The van der Waals surface area contributed by atoms with Crippen molar-refractivity contribution in [3.63, 3.8) is 0 Å². The van der Waals surface area contributed by atoms with Gasteiger partial charge in [-0.3, -0.25) is 14.5 Å². The first kappa shape index (κ1) is 21.4. The fourth-order valence-electron chi connectivity index (χ4n) is 4.34. The van der Waals surface area contributed by atoms with Crippen molar-refractivity contribution in [2.24, 2.45) is 0 Å². The molecule has 1 heterocycles. The van der Waals surface area contributed by atoms with Crippen LogP contribution in [-0.4, -0.2) is 33.9 Å². The van der Waals surface area contributed by atoms with E-state index in [1.807, 2.05) is 4.90 Å². The van der Waals surface area contributed by atoms with Crippen molar-refractivity contribution in [3.8, 4) is 0 Å². The van der Waals surface area contributed by atoms with Crippen LogP contribution in [0.2, 0.25) is 0 Å². The van der Waals surface area contributed by atoms with E-state index in [-0.39, 0.29) is 29.2 Å². The molecule has 0 radical (unpaired) electrons. The van der Waals surface area contributed by atoms with Crippen LogP contribution in [0.15, 0.2) is 48.5 Å². The summed E-state index contributed by atoms with van der Waals surface area (Å²) >= 11 is 5.63. The Balaban J connectivity index is 1.60. The van der Waals surface area contributed by atoms with Gasteiger partial charge in [-0.05, 0) is 61.5 Å². The normalized spacial score (nSPS) is 19.7. The smallest absolute Gasteiger partial charge is 0.256 e. The minimum absolute atomic E-state index is 0.0330. The number of nitrogens with zero attached hydrogens (tertiary/aromatic N) is 2. The molecule has 1 aliphatic carbocycles.